The van der Waals surface area contributed by atoms with E-state index in [9.17, 15) is 72.3 Å². The lowest BCUT2D eigenvalue weighted by molar-refractivity contribution is -0.229. The number of aromatic amines is 3. The van der Waals surface area contributed by atoms with E-state index >= 15 is 4.39 Å². The first-order chi connectivity index (χ1) is 35.9. The van der Waals surface area contributed by atoms with Gasteiger partial charge in [-0.25, -0.2) is 27.9 Å². The number of halogens is 1. The molecule has 0 saturated carbocycles. The summed E-state index contributed by atoms with van der Waals surface area (Å²) >= 11 is 0. The molecule has 3 saturated heterocycles. The minimum Gasteiger partial charge on any atom is -0.394 e. The van der Waals surface area contributed by atoms with E-state index in [0.717, 1.165) is 41.4 Å². The van der Waals surface area contributed by atoms with Crippen molar-refractivity contribution in [1.29, 1.82) is 0 Å². The first-order valence-corrected chi connectivity index (χ1v) is 25.6. The van der Waals surface area contributed by atoms with Crippen molar-refractivity contribution in [1.82, 2.24) is 44.6 Å². The Hall–Kier alpha value is -5.72. The number of ether oxygens (including phenoxy) is 6. The summed E-state index contributed by atoms with van der Waals surface area (Å²) in [6.45, 7) is -5.25. The monoisotopic (exact) mass is 1130 g/mol. The van der Waals surface area contributed by atoms with E-state index in [1.54, 1.807) is 0 Å². The number of aliphatic hydroxyl groups excluding tert-OH is 2. The lowest BCUT2D eigenvalue weighted by Crippen LogP contribution is -2.49. The van der Waals surface area contributed by atoms with E-state index in [2.05, 4.69) is 16.0 Å². The quantitative estimate of drug-likeness (QED) is 0.0335. The molecule has 0 aliphatic carbocycles. The molecule has 34 nitrogen and oxygen atoms in total. The number of aliphatic hydroxyl groups is 2. The van der Waals surface area contributed by atoms with Crippen molar-refractivity contribution >= 4 is 33.4 Å². The minimum atomic E-state index is -5.82. The number of nitrogens with zero attached hydrogens (tertiary/aromatic N) is 3. The van der Waals surface area contributed by atoms with Gasteiger partial charge in [0, 0.05) is 70.8 Å². The van der Waals surface area contributed by atoms with Crippen LogP contribution in [0.1, 0.15) is 37.9 Å². The molecule has 6 heterocycles. The smallest absolute Gasteiger partial charge is 0.394 e. The average molecular weight is 1130 g/mol. The highest BCUT2D eigenvalue weighted by atomic mass is 31.2. The second kappa shape index (κ2) is 25.6. The molecular formula is C39H54FN9O25P2. The van der Waals surface area contributed by atoms with E-state index in [0.29, 0.717) is 9.13 Å². The van der Waals surface area contributed by atoms with Crippen LogP contribution < -0.4 is 49.7 Å². The van der Waals surface area contributed by atoms with E-state index in [1.165, 1.54) is 21.1 Å². The fraction of sp³-hybridized carbons (Fsp3) is 0.615. The summed E-state index contributed by atoms with van der Waals surface area (Å²) in [5, 5.41) is 28.5. The van der Waals surface area contributed by atoms with Crippen molar-refractivity contribution in [2.75, 3.05) is 60.8 Å². The van der Waals surface area contributed by atoms with Crippen LogP contribution in [0.25, 0.3) is 0 Å². The molecule has 3 aliphatic rings. The Kier molecular flexibility index (Phi) is 20.1. The van der Waals surface area contributed by atoms with Crippen LogP contribution in [0.3, 0.4) is 0 Å². The molecule has 14 atom stereocenters. The Morgan fingerprint density at radius 1 is 0.645 bits per heavy atom. The molecule has 37 heteroatoms. The van der Waals surface area contributed by atoms with Crippen LogP contribution in [0, 0.1) is 0 Å². The number of hydrogen-bond acceptors (Lipinski definition) is 23. The zero-order chi connectivity index (χ0) is 55.7. The zero-order valence-corrected chi connectivity index (χ0v) is 41.9. The number of H-pyrrole nitrogens is 3. The van der Waals surface area contributed by atoms with E-state index in [4.69, 9.17) is 46.5 Å². The molecule has 6 rings (SSSR count). The van der Waals surface area contributed by atoms with Crippen molar-refractivity contribution < 1.29 is 94.4 Å². The topological polar surface area (TPSA) is 459 Å². The molecule has 3 amide bonds. The summed E-state index contributed by atoms with van der Waals surface area (Å²) in [4.78, 5) is 139. The van der Waals surface area contributed by atoms with Crippen LogP contribution in [0.5, 0.6) is 0 Å². The summed E-state index contributed by atoms with van der Waals surface area (Å²) in [7, 11) is -7.56. The predicted octanol–water partition coefficient (Wildman–Crippen LogP) is -5.45. The molecule has 5 unspecified atom stereocenters. The fourth-order valence-corrected chi connectivity index (χ4v) is 9.78. The number of rotatable bonds is 26. The molecule has 422 valence electrons. The Labute approximate surface area is 424 Å². The Balaban J connectivity index is 1.29. The second-order valence-corrected chi connectivity index (χ2v) is 19.3. The van der Waals surface area contributed by atoms with Crippen molar-refractivity contribution in [2.24, 2.45) is 0 Å². The number of alkyl halides is 1. The third kappa shape index (κ3) is 14.4. The summed E-state index contributed by atoms with van der Waals surface area (Å²) < 4.78 is 103. The molecule has 3 aromatic heterocycles. The largest absolute Gasteiger partial charge is 0.472 e. The van der Waals surface area contributed by atoms with Crippen molar-refractivity contribution in [2.45, 2.75) is 92.6 Å². The SMILES string of the molecule is CNC(=O)CCO[C@H]1C(O)[C@@H](COP(=O)(O)OC2[C@@H](COP(=O)(O)OC3[C@@H](CO)O[C@@H](n4ccc(=O)[nH]c4=O)[C@]3(F)OCCC(=O)NC)O[C@@H](n3ccc(=O)[nH]c3=O)[C@H]2OCCC(=O)NC)O[C@H]1n1ccc(=O)[nH]c1=O. The maximum Gasteiger partial charge on any atom is 0.472 e. The predicted molar refractivity (Wildman–Crippen MR) is 245 cm³/mol. The summed E-state index contributed by atoms with van der Waals surface area (Å²) in [6.07, 6.45) is -19.5. The Morgan fingerprint density at radius 2 is 1.08 bits per heavy atom. The molecular weight excluding hydrogens is 1080 g/mol. The standard InChI is InChI=1S/C39H54FN9O25P2/c1-41-22(51)7-13-65-30-28(57)20(70-33(30)47-10-4-25(54)44-36(47)58)17-68-75(61,62)73-29-21(71-34(31(29)66-14-8-23(52)42-2)48-11-5-26(55)45-37(48)59)18-69-76(63,64)74-32-19(16-50)72-35(49-12-6-27(56)46-38(49)60)39(32,40)67-15-9-24(53)43-3/h4-6,10-12,19-21,28-35,50,57H,7-9,13-18H2,1-3H3,(H,41,51)(H,42,52)(H,43,53)(H,61,62)(H,63,64)(H,44,54,58)(H,45,55,59)(H,46,56,60)/t19-,20-,21-,28?,29?,30+,31+,32?,33-,34-,35-,39-/m1/s1. The highest BCUT2D eigenvalue weighted by Crippen LogP contribution is 2.55. The number of phosphoric ester groups is 2. The van der Waals surface area contributed by atoms with Crippen LogP contribution in [-0.4, -0.2) is 182 Å². The van der Waals surface area contributed by atoms with Gasteiger partial charge in [-0.15, -0.1) is 0 Å². The zero-order valence-electron chi connectivity index (χ0n) is 40.2. The molecule has 0 bridgehead atoms. The fourth-order valence-electron chi connectivity index (χ4n) is 7.85. The van der Waals surface area contributed by atoms with Crippen LogP contribution in [0.2, 0.25) is 0 Å². The maximum atomic E-state index is 17.4. The number of amides is 3. The number of phosphoric acid groups is 2. The van der Waals surface area contributed by atoms with Gasteiger partial charge in [-0.3, -0.25) is 75.5 Å². The van der Waals surface area contributed by atoms with Crippen molar-refractivity contribution in [3.63, 3.8) is 0 Å². The maximum absolute atomic E-state index is 17.4. The van der Waals surface area contributed by atoms with E-state index < -0.39 is 186 Å². The first kappa shape index (κ1) is 59.5. The van der Waals surface area contributed by atoms with Gasteiger partial charge in [0.1, 0.15) is 42.7 Å². The van der Waals surface area contributed by atoms with Gasteiger partial charge in [0.2, 0.25) is 17.7 Å². The van der Waals surface area contributed by atoms with E-state index in [1.807, 2.05) is 15.0 Å². The number of carbonyl (C=O) groups is 3. The van der Waals surface area contributed by atoms with Gasteiger partial charge in [0.15, 0.2) is 24.8 Å². The Bertz CT molecular complexity index is 3010. The molecule has 0 radical (unpaired) electrons. The molecule has 76 heavy (non-hydrogen) atoms. The van der Waals surface area contributed by atoms with Gasteiger partial charge >= 0.3 is 32.7 Å². The van der Waals surface area contributed by atoms with Gasteiger partial charge in [0.25, 0.3) is 22.5 Å². The minimum absolute atomic E-state index is 0.233. The van der Waals surface area contributed by atoms with Crippen LogP contribution in [0.15, 0.2) is 65.6 Å². The molecule has 3 aliphatic heterocycles. The van der Waals surface area contributed by atoms with Crippen LogP contribution in [-0.2, 0) is 70.0 Å². The highest BCUT2D eigenvalue weighted by Gasteiger charge is 2.63. The number of hydrogen-bond donors (Lipinski definition) is 10. The third-order valence-electron chi connectivity index (χ3n) is 11.6. The van der Waals surface area contributed by atoms with Gasteiger partial charge < -0.3 is 64.4 Å². The third-order valence-corrected chi connectivity index (χ3v) is 13.5. The van der Waals surface area contributed by atoms with Crippen LogP contribution >= 0.6 is 15.6 Å². The number of nitrogens with one attached hydrogen (secondary N) is 6. The van der Waals surface area contributed by atoms with Crippen molar-refractivity contribution in [3.05, 3.63) is 99.3 Å². The molecule has 10 N–H and O–H groups in total. The lowest BCUT2D eigenvalue weighted by atomic mass is 10.1. The molecule has 0 aromatic carbocycles. The van der Waals surface area contributed by atoms with Gasteiger partial charge in [-0.05, 0) is 0 Å². The molecule has 3 aromatic rings. The van der Waals surface area contributed by atoms with Crippen LogP contribution in [0.4, 0.5) is 4.39 Å². The number of aromatic nitrogens is 6. The second-order valence-electron chi connectivity index (χ2n) is 16.5. The van der Waals surface area contributed by atoms with E-state index in [-0.39, 0.29) is 13.0 Å². The van der Waals surface area contributed by atoms with Crippen molar-refractivity contribution in [3.8, 4) is 0 Å². The summed E-state index contributed by atoms with van der Waals surface area (Å²) in [5.74, 6) is -5.31. The first-order valence-electron chi connectivity index (χ1n) is 22.6. The number of carbonyl (C=O) groups excluding carboxylic acids is 3. The lowest BCUT2D eigenvalue weighted by Gasteiger charge is -2.32. The average Bonchev–Trinajstić information content (AvgIpc) is 3.97. The summed E-state index contributed by atoms with van der Waals surface area (Å²) in [6, 6.07) is 2.58. The van der Waals surface area contributed by atoms with Gasteiger partial charge in [-0.2, -0.15) is 0 Å². The Morgan fingerprint density at radius 3 is 1.57 bits per heavy atom. The highest BCUT2D eigenvalue weighted by molar-refractivity contribution is 7.47. The summed E-state index contributed by atoms with van der Waals surface area (Å²) in [5.41, 5.74) is -6.10. The van der Waals surface area contributed by atoms with Gasteiger partial charge in [-0.1, -0.05) is 0 Å². The van der Waals surface area contributed by atoms with Gasteiger partial charge in [0.05, 0.1) is 46.1 Å². The molecule has 3 fully saturated rings. The molecule has 0 spiro atoms. The normalized spacial score (nSPS) is 28.9.